The Balaban J connectivity index is 1.73. The van der Waals surface area contributed by atoms with Crippen molar-refractivity contribution in [2.45, 2.75) is 18.4 Å². The number of nitrogens with one attached hydrogen (secondary N) is 1. The van der Waals surface area contributed by atoms with Crippen LogP contribution in [0.2, 0.25) is 0 Å². The molecule has 0 radical (unpaired) electrons. The molecule has 0 bridgehead atoms. The third-order valence-electron chi connectivity index (χ3n) is 4.32. The highest BCUT2D eigenvalue weighted by molar-refractivity contribution is 5.97. The summed E-state index contributed by atoms with van der Waals surface area (Å²) in [6, 6.07) is 7.70. The first-order valence-corrected chi connectivity index (χ1v) is 7.95. The number of hydrogen-bond donors (Lipinski definition) is 2. The molecule has 2 aromatic rings. The first kappa shape index (κ1) is 17.6. The number of carbonyl (C=O) groups is 1. The first-order valence-electron chi connectivity index (χ1n) is 7.95. The lowest BCUT2D eigenvalue weighted by Crippen LogP contribution is -2.41. The number of pyridine rings is 1. The van der Waals surface area contributed by atoms with E-state index in [9.17, 15) is 13.6 Å². The first-order chi connectivity index (χ1) is 12.3. The summed E-state index contributed by atoms with van der Waals surface area (Å²) in [5.41, 5.74) is 8.19. The highest BCUT2D eigenvalue weighted by Crippen LogP contribution is 2.31. The fourth-order valence-corrected chi connectivity index (χ4v) is 3.04. The van der Waals surface area contributed by atoms with Crippen LogP contribution in [0.1, 0.15) is 12.0 Å². The molecule has 134 valence electrons. The summed E-state index contributed by atoms with van der Waals surface area (Å²) in [6.07, 6.45) is 0.944. The maximum atomic E-state index is 13.5. The number of likely N-dealkylation sites (tertiary alicyclic amines) is 1. The Bertz CT molecular complexity index is 921. The van der Waals surface area contributed by atoms with Gasteiger partial charge >= 0.3 is 0 Å². The van der Waals surface area contributed by atoms with Crippen molar-refractivity contribution in [1.29, 1.82) is 5.26 Å². The van der Waals surface area contributed by atoms with Gasteiger partial charge in [0.15, 0.2) is 0 Å². The van der Waals surface area contributed by atoms with Crippen molar-refractivity contribution in [3.63, 3.8) is 0 Å². The lowest BCUT2D eigenvalue weighted by molar-refractivity contribution is -0.131. The molecule has 3 rings (SSSR count). The maximum Gasteiger partial charge on any atom is 0.268 e. The number of carbonyl (C=O) groups excluding carboxylic acids is 1. The molecule has 1 atom stereocenters. The number of rotatable bonds is 4. The summed E-state index contributed by atoms with van der Waals surface area (Å²) in [7, 11) is 0. The van der Waals surface area contributed by atoms with Gasteiger partial charge in [-0.3, -0.25) is 9.78 Å². The lowest BCUT2D eigenvalue weighted by Gasteiger charge is -2.20. The molecular weight excluding hydrogens is 340 g/mol. The number of nitrogens with two attached hydrogens (primary N) is 1. The van der Waals surface area contributed by atoms with E-state index >= 15 is 0 Å². The smallest absolute Gasteiger partial charge is 0.268 e. The summed E-state index contributed by atoms with van der Waals surface area (Å²) in [6.45, 7) is 2.93. The Morgan fingerprint density at radius 2 is 2.27 bits per heavy atom. The Labute approximate surface area is 148 Å². The number of nitrogens with zero attached hydrogens (tertiary/aromatic N) is 3. The van der Waals surface area contributed by atoms with Crippen molar-refractivity contribution >= 4 is 28.2 Å². The third-order valence-corrected chi connectivity index (χ3v) is 4.32. The molecule has 1 aromatic carbocycles. The van der Waals surface area contributed by atoms with E-state index in [2.05, 4.69) is 16.9 Å². The van der Waals surface area contributed by atoms with Crippen LogP contribution in [-0.4, -0.2) is 40.8 Å². The zero-order chi connectivity index (χ0) is 18.9. The average Bonchev–Trinajstić information content (AvgIpc) is 2.94. The van der Waals surface area contributed by atoms with Crippen molar-refractivity contribution in [2.24, 2.45) is 0 Å². The maximum absolute atomic E-state index is 13.5. The van der Waals surface area contributed by atoms with Crippen molar-refractivity contribution in [2.75, 3.05) is 18.8 Å². The van der Waals surface area contributed by atoms with E-state index in [0.29, 0.717) is 22.5 Å². The quantitative estimate of drug-likeness (QED) is 0.818. The van der Waals surface area contributed by atoms with Crippen LogP contribution in [0.3, 0.4) is 0 Å². The van der Waals surface area contributed by atoms with Crippen LogP contribution in [0, 0.1) is 11.3 Å². The van der Waals surface area contributed by atoms with Gasteiger partial charge in [0.2, 0.25) is 5.91 Å². The van der Waals surface area contributed by atoms with Crippen molar-refractivity contribution < 1.29 is 13.6 Å². The molecular formula is C18H17F2N5O. The number of anilines is 1. The minimum Gasteiger partial charge on any atom is -0.397 e. The van der Waals surface area contributed by atoms with E-state index < -0.39 is 30.8 Å². The normalized spacial score (nSPS) is 18.5. The van der Waals surface area contributed by atoms with Crippen molar-refractivity contribution in [3.8, 4) is 6.07 Å². The van der Waals surface area contributed by atoms with E-state index in [1.165, 1.54) is 0 Å². The Morgan fingerprint density at radius 3 is 3.00 bits per heavy atom. The fraction of sp³-hybridized carbons (Fsp3) is 0.278. The van der Waals surface area contributed by atoms with E-state index in [4.69, 9.17) is 11.0 Å². The van der Waals surface area contributed by atoms with E-state index in [1.807, 2.05) is 6.07 Å². The third kappa shape index (κ3) is 3.28. The molecule has 1 fully saturated rings. The molecule has 0 aliphatic carbocycles. The van der Waals surface area contributed by atoms with Crippen LogP contribution in [0.4, 0.5) is 14.5 Å². The summed E-state index contributed by atoms with van der Waals surface area (Å²) in [5, 5.41) is 12.6. The van der Waals surface area contributed by atoms with Gasteiger partial charge in [0, 0.05) is 29.3 Å². The predicted octanol–water partition coefficient (Wildman–Crippen LogP) is 2.14. The fourth-order valence-electron chi connectivity index (χ4n) is 3.04. The zero-order valence-electron chi connectivity index (χ0n) is 13.9. The van der Waals surface area contributed by atoms with Gasteiger partial charge in [-0.15, -0.1) is 0 Å². The number of amides is 1. The van der Waals surface area contributed by atoms with Crippen LogP contribution in [0.25, 0.3) is 16.6 Å². The van der Waals surface area contributed by atoms with E-state index in [1.54, 1.807) is 30.5 Å². The molecule has 1 aliphatic heterocycles. The van der Waals surface area contributed by atoms with Gasteiger partial charge < -0.3 is 16.0 Å². The number of aromatic nitrogens is 1. The van der Waals surface area contributed by atoms with E-state index in [-0.39, 0.29) is 6.54 Å². The number of para-hydroxylation sites is 1. The Hall–Kier alpha value is -3.21. The van der Waals surface area contributed by atoms with Gasteiger partial charge in [-0.25, -0.2) is 8.78 Å². The molecule has 8 heteroatoms. The molecule has 26 heavy (non-hydrogen) atoms. The number of hydrogen-bond acceptors (Lipinski definition) is 5. The average molecular weight is 357 g/mol. The largest absolute Gasteiger partial charge is 0.397 e. The molecule has 0 spiro atoms. The number of fused-ring (bicyclic) bond motifs is 1. The molecule has 1 aromatic heterocycles. The highest BCUT2D eigenvalue weighted by Gasteiger charge is 2.47. The standard InChI is InChI=1S/C18H17F2N5O/c1-11(13-5-6-23-17-14(13)3-2-4-15(17)22)24-9-16(26)25-10-18(19,20)7-12(25)8-21/h2-6,12,24H,1,7,9-10,22H2. The minimum absolute atomic E-state index is 0.237. The summed E-state index contributed by atoms with van der Waals surface area (Å²) in [4.78, 5) is 17.4. The molecule has 1 amide bonds. The minimum atomic E-state index is -3.04. The lowest BCUT2D eigenvalue weighted by atomic mass is 10.1. The summed E-state index contributed by atoms with van der Waals surface area (Å²) >= 11 is 0. The van der Waals surface area contributed by atoms with Gasteiger partial charge in [-0.05, 0) is 12.1 Å². The molecule has 0 saturated carbocycles. The van der Waals surface area contributed by atoms with Gasteiger partial charge in [0.05, 0.1) is 30.4 Å². The Morgan fingerprint density at radius 1 is 1.50 bits per heavy atom. The molecule has 2 heterocycles. The highest BCUT2D eigenvalue weighted by atomic mass is 19.3. The van der Waals surface area contributed by atoms with Gasteiger partial charge in [-0.1, -0.05) is 18.7 Å². The van der Waals surface area contributed by atoms with Gasteiger partial charge in [0.25, 0.3) is 5.92 Å². The van der Waals surface area contributed by atoms with Gasteiger partial charge in [0.1, 0.15) is 6.04 Å². The number of alkyl halides is 2. The second kappa shape index (κ2) is 6.59. The number of nitriles is 1. The van der Waals surface area contributed by atoms with E-state index in [0.717, 1.165) is 10.3 Å². The predicted molar refractivity (Wildman–Crippen MR) is 93.9 cm³/mol. The number of halogens is 2. The summed E-state index contributed by atoms with van der Waals surface area (Å²) in [5.74, 6) is -3.61. The molecule has 3 N–H and O–H groups in total. The second-order valence-electron chi connectivity index (χ2n) is 6.16. The molecule has 6 nitrogen and oxygen atoms in total. The topological polar surface area (TPSA) is 95.0 Å². The van der Waals surface area contributed by atoms with Crippen molar-refractivity contribution in [1.82, 2.24) is 15.2 Å². The molecule has 1 unspecified atom stereocenters. The van der Waals surface area contributed by atoms with Gasteiger partial charge in [-0.2, -0.15) is 5.26 Å². The number of nitrogen functional groups attached to an aromatic ring is 1. The summed E-state index contributed by atoms with van der Waals surface area (Å²) < 4.78 is 26.9. The molecule has 1 aliphatic rings. The van der Waals surface area contributed by atoms with Crippen LogP contribution in [0.15, 0.2) is 37.0 Å². The zero-order valence-corrected chi connectivity index (χ0v) is 13.9. The van der Waals surface area contributed by atoms with Crippen LogP contribution in [-0.2, 0) is 4.79 Å². The van der Waals surface area contributed by atoms with Crippen LogP contribution >= 0.6 is 0 Å². The monoisotopic (exact) mass is 357 g/mol. The van der Waals surface area contributed by atoms with Crippen LogP contribution < -0.4 is 11.1 Å². The van der Waals surface area contributed by atoms with Crippen LogP contribution in [0.5, 0.6) is 0 Å². The van der Waals surface area contributed by atoms with Crippen molar-refractivity contribution in [3.05, 3.63) is 42.6 Å². The Kier molecular flexibility index (Phi) is 4.47. The number of benzene rings is 1. The second-order valence-corrected chi connectivity index (χ2v) is 6.16. The SMILES string of the molecule is C=C(NCC(=O)N1CC(F)(F)CC1C#N)c1ccnc2c(N)cccc12. The molecule has 1 saturated heterocycles.